The average molecular weight is 428 g/mol. The Bertz CT molecular complexity index is 867. The van der Waals surface area contributed by atoms with E-state index < -0.39 is 23.4 Å². The second-order valence-corrected chi connectivity index (χ2v) is 8.82. The first-order valence-electron chi connectivity index (χ1n) is 9.22. The van der Waals surface area contributed by atoms with Gasteiger partial charge >= 0.3 is 0 Å². The molecule has 0 aliphatic heterocycles. The Morgan fingerprint density at radius 1 is 1.21 bits per heavy atom. The number of thioether (sulfide) groups is 1. The monoisotopic (exact) mass is 427 g/mol. The van der Waals surface area contributed by atoms with Crippen molar-refractivity contribution in [3.05, 3.63) is 58.4 Å². The van der Waals surface area contributed by atoms with Gasteiger partial charge in [-0.25, -0.2) is 13.2 Å². The molecule has 1 aliphatic rings. The molecule has 0 spiro atoms. The lowest BCUT2D eigenvalue weighted by Crippen LogP contribution is -2.37. The van der Waals surface area contributed by atoms with Gasteiger partial charge in [0.25, 0.3) is 5.91 Å². The fourth-order valence-corrected chi connectivity index (χ4v) is 5.30. The van der Waals surface area contributed by atoms with E-state index >= 15 is 0 Å². The molecule has 3 unspecified atom stereocenters. The molecular formula is C21H21ClF3NOS. The van der Waals surface area contributed by atoms with E-state index in [1.165, 1.54) is 12.8 Å². The maximum atomic E-state index is 13.3. The largest absolute Gasteiger partial charge is 0.322 e. The van der Waals surface area contributed by atoms with Gasteiger partial charge in [-0.3, -0.25) is 4.79 Å². The lowest BCUT2D eigenvalue weighted by molar-refractivity contribution is 0.102. The summed E-state index contributed by atoms with van der Waals surface area (Å²) in [6.45, 7) is 4.38. The third-order valence-corrected chi connectivity index (χ3v) is 7.21. The lowest BCUT2D eigenvalue weighted by atomic mass is 9.73. The van der Waals surface area contributed by atoms with Crippen molar-refractivity contribution < 1.29 is 18.0 Å². The van der Waals surface area contributed by atoms with Crippen molar-refractivity contribution in [3.63, 3.8) is 0 Å². The van der Waals surface area contributed by atoms with Crippen LogP contribution >= 0.6 is 23.4 Å². The van der Waals surface area contributed by atoms with Crippen molar-refractivity contribution in [3.8, 4) is 0 Å². The Kier molecular flexibility index (Phi) is 6.61. The normalized spacial score (nSPS) is 21.3. The van der Waals surface area contributed by atoms with Crippen LogP contribution in [0.25, 0.3) is 0 Å². The van der Waals surface area contributed by atoms with Crippen LogP contribution in [0, 0.1) is 29.3 Å². The highest BCUT2D eigenvalue weighted by atomic mass is 35.5. The quantitative estimate of drug-likeness (QED) is 0.506. The summed E-state index contributed by atoms with van der Waals surface area (Å²) in [4.78, 5) is 13.3. The summed E-state index contributed by atoms with van der Waals surface area (Å²) in [5, 5.41) is 3.41. The van der Waals surface area contributed by atoms with Gasteiger partial charge in [0.1, 0.15) is 0 Å². The predicted octanol–water partition coefficient (Wildman–Crippen LogP) is 6.93. The van der Waals surface area contributed by atoms with Crippen molar-refractivity contribution in [2.24, 2.45) is 11.8 Å². The molecule has 1 fully saturated rings. The molecule has 3 atom stereocenters. The maximum Gasteiger partial charge on any atom is 0.255 e. The van der Waals surface area contributed by atoms with Crippen molar-refractivity contribution >= 4 is 35.0 Å². The van der Waals surface area contributed by atoms with Crippen LogP contribution in [0.1, 0.15) is 43.5 Å². The second kappa shape index (κ2) is 8.78. The van der Waals surface area contributed by atoms with Crippen LogP contribution in [-0.2, 0) is 0 Å². The minimum atomic E-state index is -1.57. The molecule has 1 N–H and O–H groups in total. The van der Waals surface area contributed by atoms with Gasteiger partial charge < -0.3 is 5.32 Å². The van der Waals surface area contributed by atoms with E-state index in [1.54, 1.807) is 30.0 Å². The third-order valence-electron chi connectivity index (χ3n) is 5.06. The summed E-state index contributed by atoms with van der Waals surface area (Å²) < 4.78 is 39.8. The van der Waals surface area contributed by atoms with Crippen LogP contribution in [0.3, 0.4) is 0 Å². The molecule has 0 radical (unpaired) electrons. The van der Waals surface area contributed by atoms with E-state index in [9.17, 15) is 18.0 Å². The van der Waals surface area contributed by atoms with Crippen molar-refractivity contribution in [1.82, 2.24) is 0 Å². The standard InChI is InChI=1S/C21H21ClF3NOS/c1-3-4-12-7-11(2)20(12)28-18-8-13(5-6-15(18)22)21(27)26-14-9-16(23)19(25)17(24)10-14/h5-6,8-12,20H,3-4,7H2,1-2H3,(H,26,27). The minimum absolute atomic E-state index is 0.152. The van der Waals surface area contributed by atoms with E-state index in [4.69, 9.17) is 11.6 Å². The number of nitrogens with one attached hydrogen (secondary N) is 1. The number of halogens is 4. The van der Waals surface area contributed by atoms with Gasteiger partial charge in [0.05, 0.1) is 5.02 Å². The Morgan fingerprint density at radius 3 is 2.50 bits per heavy atom. The first-order chi connectivity index (χ1) is 13.3. The molecule has 0 heterocycles. The molecule has 150 valence electrons. The molecule has 0 aromatic heterocycles. The molecule has 2 aromatic carbocycles. The zero-order valence-electron chi connectivity index (χ0n) is 15.6. The first-order valence-corrected chi connectivity index (χ1v) is 10.5. The molecule has 1 amide bonds. The summed E-state index contributed by atoms with van der Waals surface area (Å²) in [5.74, 6) is -3.61. The number of hydrogen-bond acceptors (Lipinski definition) is 2. The summed E-state index contributed by atoms with van der Waals surface area (Å²) in [6.07, 6.45) is 3.50. The zero-order valence-corrected chi connectivity index (χ0v) is 17.1. The van der Waals surface area contributed by atoms with E-state index in [0.29, 0.717) is 27.7 Å². The van der Waals surface area contributed by atoms with Crippen LogP contribution < -0.4 is 5.32 Å². The van der Waals surface area contributed by atoms with Gasteiger partial charge in [0, 0.05) is 33.5 Å². The minimum Gasteiger partial charge on any atom is -0.322 e. The summed E-state index contributed by atoms with van der Waals surface area (Å²) >= 11 is 8.00. The highest BCUT2D eigenvalue weighted by Crippen LogP contribution is 2.48. The molecule has 1 aliphatic carbocycles. The lowest BCUT2D eigenvalue weighted by Gasteiger charge is -2.43. The second-order valence-electron chi connectivity index (χ2n) is 7.20. The Morgan fingerprint density at radius 2 is 1.89 bits per heavy atom. The zero-order chi connectivity index (χ0) is 20.4. The average Bonchev–Trinajstić information content (AvgIpc) is 2.65. The first kappa shape index (κ1) is 21.1. The van der Waals surface area contributed by atoms with Crippen LogP contribution in [0.5, 0.6) is 0 Å². The highest BCUT2D eigenvalue weighted by molar-refractivity contribution is 8.00. The predicted molar refractivity (Wildman–Crippen MR) is 108 cm³/mol. The SMILES string of the molecule is CCCC1CC(C)C1Sc1cc(C(=O)Nc2cc(F)c(F)c(F)c2)ccc1Cl. The van der Waals surface area contributed by atoms with Gasteiger partial charge in [-0.2, -0.15) is 0 Å². The maximum absolute atomic E-state index is 13.3. The molecule has 7 heteroatoms. The summed E-state index contributed by atoms with van der Waals surface area (Å²) in [5.41, 5.74) is 0.164. The molecule has 3 rings (SSSR count). The van der Waals surface area contributed by atoms with Crippen molar-refractivity contribution in [2.75, 3.05) is 5.32 Å². The molecule has 2 nitrogen and oxygen atoms in total. The number of rotatable bonds is 6. The number of anilines is 1. The van der Waals surface area contributed by atoms with Crippen LogP contribution in [0.15, 0.2) is 35.2 Å². The number of amides is 1. The van der Waals surface area contributed by atoms with Crippen molar-refractivity contribution in [2.45, 2.75) is 43.3 Å². The van der Waals surface area contributed by atoms with E-state index in [2.05, 4.69) is 19.2 Å². The van der Waals surface area contributed by atoms with Crippen LogP contribution in [0.2, 0.25) is 5.02 Å². The molecule has 28 heavy (non-hydrogen) atoms. The number of benzene rings is 2. The number of hydrogen-bond donors (Lipinski definition) is 1. The molecule has 1 saturated carbocycles. The van der Waals surface area contributed by atoms with Gasteiger partial charge in [0.15, 0.2) is 17.5 Å². The summed E-state index contributed by atoms with van der Waals surface area (Å²) in [7, 11) is 0. The van der Waals surface area contributed by atoms with Crippen LogP contribution in [-0.4, -0.2) is 11.2 Å². The Labute approximate surface area is 171 Å². The number of carbonyl (C=O) groups excluding carboxylic acids is 1. The smallest absolute Gasteiger partial charge is 0.255 e. The highest BCUT2D eigenvalue weighted by Gasteiger charge is 2.38. The Hall–Kier alpha value is -1.66. The van der Waals surface area contributed by atoms with Gasteiger partial charge in [-0.1, -0.05) is 31.9 Å². The summed E-state index contributed by atoms with van der Waals surface area (Å²) in [6, 6.07) is 6.36. The molecule has 0 saturated heterocycles. The third kappa shape index (κ3) is 4.49. The molecular weight excluding hydrogens is 407 g/mol. The van der Waals surface area contributed by atoms with Gasteiger partial charge in [-0.05, 0) is 42.9 Å². The van der Waals surface area contributed by atoms with Crippen LogP contribution in [0.4, 0.5) is 18.9 Å². The molecule has 0 bridgehead atoms. The van der Waals surface area contributed by atoms with E-state index in [0.717, 1.165) is 23.4 Å². The molecule has 2 aromatic rings. The van der Waals surface area contributed by atoms with E-state index in [-0.39, 0.29) is 5.69 Å². The van der Waals surface area contributed by atoms with Gasteiger partial charge in [0.2, 0.25) is 0 Å². The number of carbonyl (C=O) groups is 1. The van der Waals surface area contributed by atoms with Crippen molar-refractivity contribution in [1.29, 1.82) is 0 Å². The fraction of sp³-hybridized carbons (Fsp3) is 0.381. The van der Waals surface area contributed by atoms with E-state index in [1.807, 2.05) is 0 Å². The van der Waals surface area contributed by atoms with Gasteiger partial charge in [-0.15, -0.1) is 11.8 Å². The topological polar surface area (TPSA) is 29.1 Å². The Balaban J connectivity index is 1.76. The fourth-order valence-electron chi connectivity index (χ4n) is 3.59.